The SMILES string of the molecule is C=C(C)C(=O)O.c1cc2ccc3cccc4ccc(c1)c2c34. The van der Waals surface area contributed by atoms with E-state index < -0.39 is 5.97 Å². The summed E-state index contributed by atoms with van der Waals surface area (Å²) in [6.45, 7) is 4.60. The lowest BCUT2D eigenvalue weighted by molar-refractivity contribution is -0.132. The van der Waals surface area contributed by atoms with Crippen molar-refractivity contribution in [1.29, 1.82) is 0 Å². The standard InChI is InChI=1S/C16H10.C4H6O2/c1-3-11-7-9-13-5-2-6-14-10-8-12(4-1)15(11)16(13)14;1-3(2)4(5)6/h1-10H;1H2,2H3,(H,5,6). The molecule has 0 aliphatic rings. The molecule has 0 aromatic heterocycles. The third-order valence-electron chi connectivity index (χ3n) is 3.76. The van der Waals surface area contributed by atoms with Crippen molar-refractivity contribution in [2.45, 2.75) is 6.92 Å². The second-order valence-electron chi connectivity index (χ2n) is 5.38. The van der Waals surface area contributed by atoms with Crippen molar-refractivity contribution in [3.8, 4) is 0 Å². The summed E-state index contributed by atoms with van der Waals surface area (Å²) in [5, 5.41) is 16.0. The topological polar surface area (TPSA) is 37.3 Å². The molecule has 0 aliphatic carbocycles. The average molecular weight is 288 g/mol. The Morgan fingerprint density at radius 1 is 0.773 bits per heavy atom. The lowest BCUT2D eigenvalue weighted by Gasteiger charge is -2.09. The van der Waals surface area contributed by atoms with Gasteiger partial charge in [0, 0.05) is 5.57 Å². The minimum Gasteiger partial charge on any atom is -0.478 e. The van der Waals surface area contributed by atoms with Crippen LogP contribution in [0.15, 0.2) is 72.8 Å². The van der Waals surface area contributed by atoms with Gasteiger partial charge in [-0.05, 0) is 39.2 Å². The Morgan fingerprint density at radius 3 is 1.27 bits per heavy atom. The zero-order valence-corrected chi connectivity index (χ0v) is 12.3. The van der Waals surface area contributed by atoms with Gasteiger partial charge < -0.3 is 5.11 Å². The Hall–Kier alpha value is -2.87. The van der Waals surface area contributed by atoms with Gasteiger partial charge in [0.2, 0.25) is 0 Å². The average Bonchev–Trinajstić information content (AvgIpc) is 2.53. The Kier molecular flexibility index (Phi) is 3.51. The van der Waals surface area contributed by atoms with Crippen LogP contribution in [-0.4, -0.2) is 11.1 Å². The summed E-state index contributed by atoms with van der Waals surface area (Å²) in [5.74, 6) is -0.935. The lowest BCUT2D eigenvalue weighted by Crippen LogP contribution is -1.92. The molecule has 1 N–H and O–H groups in total. The fraction of sp³-hybridized carbons (Fsp3) is 0.0500. The number of carboxylic acid groups (broad SMARTS) is 1. The van der Waals surface area contributed by atoms with Crippen LogP contribution in [0.25, 0.3) is 32.3 Å². The van der Waals surface area contributed by atoms with Crippen LogP contribution in [-0.2, 0) is 4.79 Å². The van der Waals surface area contributed by atoms with Gasteiger partial charge in [-0.3, -0.25) is 0 Å². The molecule has 108 valence electrons. The highest BCUT2D eigenvalue weighted by molar-refractivity contribution is 6.22. The molecule has 0 spiro atoms. The quantitative estimate of drug-likeness (QED) is 0.384. The molecular formula is C20H16O2. The summed E-state index contributed by atoms with van der Waals surface area (Å²) in [6, 6.07) is 21.9. The van der Waals surface area contributed by atoms with Gasteiger partial charge in [0.05, 0.1) is 0 Å². The monoisotopic (exact) mass is 288 g/mol. The number of carboxylic acids is 1. The van der Waals surface area contributed by atoms with Gasteiger partial charge in [0.15, 0.2) is 0 Å². The molecule has 0 radical (unpaired) electrons. The van der Waals surface area contributed by atoms with E-state index in [1.54, 1.807) is 0 Å². The molecule has 0 atom stereocenters. The van der Waals surface area contributed by atoms with E-state index in [4.69, 9.17) is 5.11 Å². The second kappa shape index (κ2) is 5.49. The maximum absolute atomic E-state index is 9.60. The van der Waals surface area contributed by atoms with Gasteiger partial charge >= 0.3 is 5.97 Å². The van der Waals surface area contributed by atoms with Crippen molar-refractivity contribution < 1.29 is 9.90 Å². The number of rotatable bonds is 1. The van der Waals surface area contributed by atoms with Gasteiger partial charge in [-0.2, -0.15) is 0 Å². The highest BCUT2D eigenvalue weighted by Gasteiger charge is 2.05. The van der Waals surface area contributed by atoms with E-state index in [-0.39, 0.29) is 5.57 Å². The van der Waals surface area contributed by atoms with Crippen LogP contribution < -0.4 is 0 Å². The minimum absolute atomic E-state index is 0.176. The fourth-order valence-corrected chi connectivity index (χ4v) is 2.67. The normalized spacial score (nSPS) is 10.6. The summed E-state index contributed by atoms with van der Waals surface area (Å²) in [6.07, 6.45) is 0. The van der Waals surface area contributed by atoms with Gasteiger partial charge in [-0.1, -0.05) is 67.2 Å². The molecule has 0 fully saturated rings. The predicted molar refractivity (Wildman–Crippen MR) is 92.6 cm³/mol. The molecule has 0 aliphatic heterocycles. The Labute approximate surface area is 128 Å². The maximum atomic E-state index is 9.60. The van der Waals surface area contributed by atoms with Crippen LogP contribution in [0.5, 0.6) is 0 Å². The first kappa shape index (κ1) is 14.1. The number of aliphatic carboxylic acids is 1. The van der Waals surface area contributed by atoms with E-state index in [0.717, 1.165) is 0 Å². The first-order chi connectivity index (χ1) is 10.6. The van der Waals surface area contributed by atoms with Crippen LogP contribution in [0.1, 0.15) is 6.92 Å². The van der Waals surface area contributed by atoms with Crippen molar-refractivity contribution >= 4 is 38.3 Å². The first-order valence-corrected chi connectivity index (χ1v) is 7.09. The third-order valence-corrected chi connectivity index (χ3v) is 3.76. The number of carbonyl (C=O) groups is 1. The summed E-state index contributed by atoms with van der Waals surface area (Å²) >= 11 is 0. The van der Waals surface area contributed by atoms with E-state index in [0.29, 0.717) is 0 Å². The molecule has 0 amide bonds. The van der Waals surface area contributed by atoms with Gasteiger partial charge in [0.1, 0.15) is 0 Å². The molecule has 0 saturated carbocycles. The van der Waals surface area contributed by atoms with Crippen molar-refractivity contribution in [2.24, 2.45) is 0 Å². The maximum Gasteiger partial charge on any atom is 0.330 e. The summed E-state index contributed by atoms with van der Waals surface area (Å²) < 4.78 is 0. The smallest absolute Gasteiger partial charge is 0.330 e. The molecule has 22 heavy (non-hydrogen) atoms. The molecule has 4 aromatic rings. The van der Waals surface area contributed by atoms with Crippen molar-refractivity contribution in [3.05, 3.63) is 72.8 Å². The van der Waals surface area contributed by atoms with E-state index in [1.165, 1.54) is 39.2 Å². The predicted octanol–water partition coefficient (Wildman–Crippen LogP) is 5.23. The van der Waals surface area contributed by atoms with Crippen molar-refractivity contribution in [3.63, 3.8) is 0 Å². The largest absolute Gasteiger partial charge is 0.478 e. The Bertz CT molecular complexity index is 841. The minimum atomic E-state index is -0.935. The number of benzene rings is 4. The van der Waals surface area contributed by atoms with Crippen LogP contribution in [0.2, 0.25) is 0 Å². The molecule has 2 heteroatoms. The van der Waals surface area contributed by atoms with E-state index >= 15 is 0 Å². The molecule has 0 unspecified atom stereocenters. The molecule has 0 heterocycles. The third kappa shape index (κ3) is 2.40. The molecule has 4 rings (SSSR count). The fourth-order valence-electron chi connectivity index (χ4n) is 2.67. The van der Waals surface area contributed by atoms with Gasteiger partial charge in [-0.15, -0.1) is 0 Å². The summed E-state index contributed by atoms with van der Waals surface area (Å²) in [4.78, 5) is 9.60. The highest BCUT2D eigenvalue weighted by atomic mass is 16.4. The highest BCUT2D eigenvalue weighted by Crippen LogP contribution is 2.33. The summed E-state index contributed by atoms with van der Waals surface area (Å²) in [5.41, 5.74) is 0.176. The molecule has 4 aromatic carbocycles. The van der Waals surface area contributed by atoms with Crippen molar-refractivity contribution in [2.75, 3.05) is 0 Å². The first-order valence-electron chi connectivity index (χ1n) is 7.09. The Morgan fingerprint density at radius 2 is 1.05 bits per heavy atom. The van der Waals surface area contributed by atoms with E-state index in [2.05, 4.69) is 67.2 Å². The number of hydrogen-bond donors (Lipinski definition) is 1. The molecule has 2 nitrogen and oxygen atoms in total. The Balaban J connectivity index is 0.000000209. The summed E-state index contributed by atoms with van der Waals surface area (Å²) in [7, 11) is 0. The van der Waals surface area contributed by atoms with Crippen LogP contribution >= 0.6 is 0 Å². The van der Waals surface area contributed by atoms with Crippen LogP contribution in [0.3, 0.4) is 0 Å². The molecular weight excluding hydrogens is 272 g/mol. The second-order valence-corrected chi connectivity index (χ2v) is 5.38. The van der Waals surface area contributed by atoms with E-state index in [1.807, 2.05) is 0 Å². The van der Waals surface area contributed by atoms with Crippen molar-refractivity contribution in [1.82, 2.24) is 0 Å². The van der Waals surface area contributed by atoms with Crippen LogP contribution in [0, 0.1) is 0 Å². The lowest BCUT2D eigenvalue weighted by atomic mass is 9.95. The van der Waals surface area contributed by atoms with Gasteiger partial charge in [-0.25, -0.2) is 4.79 Å². The zero-order valence-electron chi connectivity index (χ0n) is 12.3. The zero-order chi connectivity index (χ0) is 15.7. The van der Waals surface area contributed by atoms with E-state index in [9.17, 15) is 4.79 Å². The number of hydrogen-bond acceptors (Lipinski definition) is 1. The van der Waals surface area contributed by atoms with Crippen LogP contribution in [0.4, 0.5) is 0 Å². The molecule has 0 saturated heterocycles. The molecule has 0 bridgehead atoms. The van der Waals surface area contributed by atoms with Gasteiger partial charge in [0.25, 0.3) is 0 Å².